The predicted molar refractivity (Wildman–Crippen MR) is 123 cm³/mol. The molecule has 2 fully saturated rings. The Balaban J connectivity index is 1.60. The Morgan fingerprint density at radius 1 is 1.25 bits per heavy atom. The van der Waals surface area contributed by atoms with E-state index < -0.39 is 0 Å². The molecule has 1 spiro atoms. The van der Waals surface area contributed by atoms with Crippen molar-refractivity contribution in [3.05, 3.63) is 29.5 Å². The summed E-state index contributed by atoms with van der Waals surface area (Å²) in [5.74, 6) is 1.64. The van der Waals surface area contributed by atoms with Crippen molar-refractivity contribution in [2.75, 3.05) is 53.1 Å². The fourth-order valence-corrected chi connectivity index (χ4v) is 6.26. The number of amides is 1. The summed E-state index contributed by atoms with van der Waals surface area (Å²) in [6.07, 6.45) is 2.68. The van der Waals surface area contributed by atoms with Crippen LogP contribution in [0.2, 0.25) is 0 Å². The standard InChI is InChI=1S/C25H35N3O4/c1-4-22(30)28-15-25(16-28)14-27(12-17-7-9-32-10-8-17)21(13-29)24-23(25)19-6-5-18(31-3)11-20(19)26(24)2/h5-6,11,17,21,29H,4,7-10,12-16H2,1-3H3/t21-/m0/s1. The smallest absolute Gasteiger partial charge is 0.222 e. The Labute approximate surface area is 189 Å². The largest absolute Gasteiger partial charge is 0.497 e. The number of hydrogen-bond acceptors (Lipinski definition) is 5. The van der Waals surface area contributed by atoms with Crippen molar-refractivity contribution in [3.8, 4) is 5.75 Å². The topological polar surface area (TPSA) is 67.2 Å². The van der Waals surface area contributed by atoms with E-state index >= 15 is 0 Å². The van der Waals surface area contributed by atoms with E-state index in [2.05, 4.69) is 28.6 Å². The van der Waals surface area contributed by atoms with Gasteiger partial charge in [-0.15, -0.1) is 0 Å². The molecule has 3 aliphatic heterocycles. The van der Waals surface area contributed by atoms with Gasteiger partial charge in [0.15, 0.2) is 0 Å². The van der Waals surface area contributed by atoms with Gasteiger partial charge >= 0.3 is 0 Å². The van der Waals surface area contributed by atoms with Crippen LogP contribution >= 0.6 is 0 Å². The van der Waals surface area contributed by atoms with Gasteiger partial charge in [-0.1, -0.05) is 6.92 Å². The number of carbonyl (C=O) groups is 1. The van der Waals surface area contributed by atoms with Crippen molar-refractivity contribution in [2.24, 2.45) is 13.0 Å². The normalized spacial score (nSPS) is 23.4. The van der Waals surface area contributed by atoms with Gasteiger partial charge in [0.25, 0.3) is 0 Å². The quantitative estimate of drug-likeness (QED) is 0.772. The Kier molecular flexibility index (Phi) is 5.68. The SMILES string of the molecule is CCC(=O)N1CC2(C1)CN(CC1CCOCC1)[C@@H](CO)c1c2c2ccc(OC)cc2n1C. The minimum absolute atomic E-state index is 0.0437. The first-order valence-corrected chi connectivity index (χ1v) is 11.9. The van der Waals surface area contributed by atoms with Crippen LogP contribution in [0.4, 0.5) is 0 Å². The van der Waals surface area contributed by atoms with Gasteiger partial charge < -0.3 is 24.0 Å². The van der Waals surface area contributed by atoms with Gasteiger partial charge in [0.1, 0.15) is 5.75 Å². The van der Waals surface area contributed by atoms with Crippen molar-refractivity contribution in [1.29, 1.82) is 0 Å². The molecule has 1 amide bonds. The number of fused-ring (bicyclic) bond motifs is 4. The number of ether oxygens (including phenoxy) is 2. The van der Waals surface area contributed by atoms with E-state index in [1.807, 2.05) is 17.9 Å². The van der Waals surface area contributed by atoms with E-state index in [0.717, 1.165) is 63.5 Å². The highest BCUT2D eigenvalue weighted by molar-refractivity contribution is 5.89. The number of aryl methyl sites for hydroxylation is 1. The molecule has 0 unspecified atom stereocenters. The van der Waals surface area contributed by atoms with Crippen LogP contribution in [0, 0.1) is 5.92 Å². The second-order valence-electron chi connectivity index (χ2n) is 9.77. The minimum Gasteiger partial charge on any atom is -0.497 e. The van der Waals surface area contributed by atoms with Crippen molar-refractivity contribution in [2.45, 2.75) is 37.6 Å². The highest BCUT2D eigenvalue weighted by Crippen LogP contribution is 2.50. The number of likely N-dealkylation sites (tertiary alicyclic amines) is 1. The van der Waals surface area contributed by atoms with Gasteiger partial charge in [-0.3, -0.25) is 9.69 Å². The zero-order valence-electron chi connectivity index (χ0n) is 19.5. The van der Waals surface area contributed by atoms with E-state index in [0.29, 0.717) is 12.3 Å². The number of aliphatic hydroxyl groups excluding tert-OH is 1. The lowest BCUT2D eigenvalue weighted by Gasteiger charge is -2.57. The molecule has 1 aromatic carbocycles. The molecule has 3 aliphatic rings. The summed E-state index contributed by atoms with van der Waals surface area (Å²) in [6.45, 7) is 7.01. The number of nitrogens with zero attached hydrogens (tertiary/aromatic N) is 3. The number of benzene rings is 1. The molecule has 1 aromatic heterocycles. The molecule has 2 saturated heterocycles. The van der Waals surface area contributed by atoms with Crippen molar-refractivity contribution >= 4 is 16.8 Å². The third-order valence-electron chi connectivity index (χ3n) is 7.89. The van der Waals surface area contributed by atoms with Crippen LogP contribution in [0.25, 0.3) is 10.9 Å². The molecule has 1 N–H and O–H groups in total. The van der Waals surface area contributed by atoms with Crippen LogP contribution in [-0.4, -0.2) is 78.5 Å². The lowest BCUT2D eigenvalue weighted by Crippen LogP contribution is -2.67. The van der Waals surface area contributed by atoms with Crippen LogP contribution in [-0.2, 0) is 22.0 Å². The number of rotatable bonds is 5. The summed E-state index contributed by atoms with van der Waals surface area (Å²) < 4.78 is 13.3. The molecule has 5 rings (SSSR count). The molecule has 4 heterocycles. The van der Waals surface area contributed by atoms with Gasteiger partial charge in [-0.2, -0.15) is 0 Å². The van der Waals surface area contributed by atoms with Crippen LogP contribution in [0.3, 0.4) is 0 Å². The van der Waals surface area contributed by atoms with Crippen molar-refractivity contribution < 1.29 is 19.4 Å². The highest BCUT2D eigenvalue weighted by atomic mass is 16.5. The second-order valence-corrected chi connectivity index (χ2v) is 9.77. The van der Waals surface area contributed by atoms with Gasteiger partial charge in [0.2, 0.25) is 5.91 Å². The van der Waals surface area contributed by atoms with Crippen molar-refractivity contribution in [1.82, 2.24) is 14.4 Å². The Bertz CT molecular complexity index is 1000. The minimum atomic E-state index is -0.0922. The fraction of sp³-hybridized carbons (Fsp3) is 0.640. The Morgan fingerprint density at radius 2 is 2.00 bits per heavy atom. The summed E-state index contributed by atoms with van der Waals surface area (Å²) in [4.78, 5) is 16.9. The number of aliphatic hydroxyl groups is 1. The molecule has 0 bridgehead atoms. The molecular formula is C25H35N3O4. The molecule has 0 saturated carbocycles. The van der Waals surface area contributed by atoms with Crippen LogP contribution in [0.5, 0.6) is 5.75 Å². The molecule has 1 atom stereocenters. The number of carbonyl (C=O) groups excluding carboxylic acids is 1. The zero-order chi connectivity index (χ0) is 22.5. The maximum absolute atomic E-state index is 12.4. The van der Waals surface area contributed by atoms with Crippen LogP contribution in [0.15, 0.2) is 18.2 Å². The third-order valence-corrected chi connectivity index (χ3v) is 7.89. The lowest BCUT2D eigenvalue weighted by atomic mass is 9.68. The van der Waals surface area contributed by atoms with Crippen LogP contribution < -0.4 is 4.74 Å². The van der Waals surface area contributed by atoms with E-state index in [9.17, 15) is 9.90 Å². The summed E-state index contributed by atoms with van der Waals surface area (Å²) in [7, 11) is 3.79. The number of aromatic nitrogens is 1. The molecule has 0 radical (unpaired) electrons. The van der Waals surface area contributed by atoms with E-state index in [4.69, 9.17) is 9.47 Å². The van der Waals surface area contributed by atoms with E-state index in [1.165, 1.54) is 16.6 Å². The van der Waals surface area contributed by atoms with Crippen LogP contribution in [0.1, 0.15) is 43.5 Å². The molecule has 7 heteroatoms. The van der Waals surface area contributed by atoms with Gasteiger partial charge in [0.05, 0.1) is 25.3 Å². The average molecular weight is 442 g/mol. The average Bonchev–Trinajstić information content (AvgIpc) is 3.09. The van der Waals surface area contributed by atoms with E-state index in [1.54, 1.807) is 7.11 Å². The molecular weight excluding hydrogens is 406 g/mol. The van der Waals surface area contributed by atoms with E-state index in [-0.39, 0.29) is 24.0 Å². The fourth-order valence-electron chi connectivity index (χ4n) is 6.26. The lowest BCUT2D eigenvalue weighted by molar-refractivity contribution is -0.140. The maximum Gasteiger partial charge on any atom is 0.222 e. The molecule has 0 aliphatic carbocycles. The third kappa shape index (κ3) is 3.33. The summed E-state index contributed by atoms with van der Waals surface area (Å²) >= 11 is 0. The maximum atomic E-state index is 12.4. The summed E-state index contributed by atoms with van der Waals surface area (Å²) in [6, 6.07) is 6.22. The first kappa shape index (κ1) is 21.7. The number of hydrogen-bond donors (Lipinski definition) is 1. The molecule has 32 heavy (non-hydrogen) atoms. The molecule has 2 aromatic rings. The summed E-state index contributed by atoms with van der Waals surface area (Å²) in [5.41, 5.74) is 3.54. The summed E-state index contributed by atoms with van der Waals surface area (Å²) in [5, 5.41) is 11.8. The molecule has 174 valence electrons. The first-order chi connectivity index (χ1) is 15.5. The highest BCUT2D eigenvalue weighted by Gasteiger charge is 2.54. The van der Waals surface area contributed by atoms with Crippen molar-refractivity contribution in [3.63, 3.8) is 0 Å². The molecule has 7 nitrogen and oxygen atoms in total. The Hall–Kier alpha value is -2.09. The zero-order valence-corrected chi connectivity index (χ0v) is 19.5. The van der Waals surface area contributed by atoms with Gasteiger partial charge in [-0.25, -0.2) is 0 Å². The van der Waals surface area contributed by atoms with Gasteiger partial charge in [0, 0.05) is 75.4 Å². The number of methoxy groups -OCH3 is 1. The first-order valence-electron chi connectivity index (χ1n) is 11.9. The predicted octanol–water partition coefficient (Wildman–Crippen LogP) is 2.45. The second kappa shape index (κ2) is 8.36. The monoisotopic (exact) mass is 441 g/mol. The van der Waals surface area contributed by atoms with Gasteiger partial charge in [-0.05, 0) is 36.5 Å². The Morgan fingerprint density at radius 3 is 2.66 bits per heavy atom.